The van der Waals surface area contributed by atoms with Crippen LogP contribution in [0.3, 0.4) is 0 Å². The van der Waals surface area contributed by atoms with Crippen LogP contribution in [0.5, 0.6) is 0 Å². The first-order valence-electron chi connectivity index (χ1n) is 27.1. The average molecular weight is 1070 g/mol. The van der Waals surface area contributed by atoms with Crippen LogP contribution in [0.2, 0.25) is 0 Å². The molecule has 0 radical (unpaired) electrons. The van der Waals surface area contributed by atoms with Crippen molar-refractivity contribution in [3.8, 4) is 111 Å². The fourth-order valence-corrected chi connectivity index (χ4v) is 12.1. The normalized spacial score (nSPS) is 13.6. The first-order valence-corrected chi connectivity index (χ1v) is 27.1. The van der Waals surface area contributed by atoms with Gasteiger partial charge in [0.05, 0.1) is 0 Å². The molecule has 0 unspecified atom stereocenters. The van der Waals surface area contributed by atoms with E-state index in [-0.39, 0.29) is 22.3 Å². The fraction of sp³-hybridized carbons (Fsp3) is 0.0667. The lowest BCUT2D eigenvalue weighted by Crippen LogP contribution is -2.53. The van der Waals surface area contributed by atoms with Gasteiger partial charge in [0.1, 0.15) is 0 Å². The highest BCUT2D eigenvalue weighted by molar-refractivity contribution is 6.00. The second-order valence-corrected chi connectivity index (χ2v) is 20.9. The van der Waals surface area contributed by atoms with E-state index in [1.54, 1.807) is 12.1 Å². The number of halogens is 6. The van der Waals surface area contributed by atoms with Crippen LogP contribution < -0.4 is 0 Å². The third-order valence-corrected chi connectivity index (χ3v) is 16.0. The van der Waals surface area contributed by atoms with E-state index in [2.05, 4.69) is 12.2 Å². The molecule has 2 aliphatic rings. The minimum absolute atomic E-state index is 0.143. The summed E-state index contributed by atoms with van der Waals surface area (Å²) < 4.78 is 103. The molecule has 0 aliphatic heterocycles. The lowest BCUT2D eigenvalue weighted by molar-refractivity contribution is -0.287. The number of allylic oxidation sites excluding steroid dienone is 4. The molecule has 392 valence electrons. The molecule has 2 aliphatic carbocycles. The second kappa shape index (κ2) is 20.6. The Labute approximate surface area is 467 Å². The van der Waals surface area contributed by atoms with Gasteiger partial charge in [-0.1, -0.05) is 206 Å². The van der Waals surface area contributed by atoms with Crippen molar-refractivity contribution in [1.82, 2.24) is 0 Å². The minimum atomic E-state index is -5.88. The van der Waals surface area contributed by atoms with Gasteiger partial charge in [0.25, 0.3) is 0 Å². The summed E-state index contributed by atoms with van der Waals surface area (Å²) >= 11 is 0. The Morgan fingerprint density at radius 3 is 0.901 bits per heavy atom. The van der Waals surface area contributed by atoms with E-state index in [0.717, 1.165) is 79.6 Å². The van der Waals surface area contributed by atoms with E-state index >= 15 is 26.3 Å². The van der Waals surface area contributed by atoms with Crippen LogP contribution in [-0.4, -0.2) is 12.4 Å². The molecule has 0 nitrogen and oxygen atoms in total. The number of rotatable bonds is 10. The Morgan fingerprint density at radius 2 is 0.543 bits per heavy atom. The molecule has 0 atom stereocenters. The monoisotopic (exact) mass is 1060 g/mol. The summed E-state index contributed by atoms with van der Waals surface area (Å²) in [4.78, 5) is 0. The first-order chi connectivity index (χ1) is 39.4. The van der Waals surface area contributed by atoms with Crippen molar-refractivity contribution in [2.24, 2.45) is 0 Å². The summed E-state index contributed by atoms with van der Waals surface area (Å²) in [6.07, 6.45) is -3.87. The molecule has 0 saturated carbocycles. The van der Waals surface area contributed by atoms with Gasteiger partial charge in [-0.05, 0) is 219 Å². The van der Waals surface area contributed by atoms with E-state index in [4.69, 9.17) is 0 Å². The van der Waals surface area contributed by atoms with Gasteiger partial charge >= 0.3 is 12.4 Å². The van der Waals surface area contributed by atoms with Gasteiger partial charge in [-0.2, -0.15) is 26.3 Å². The Balaban J connectivity index is 1.15. The quantitative estimate of drug-likeness (QED) is 0.120. The van der Waals surface area contributed by atoms with Gasteiger partial charge in [-0.3, -0.25) is 0 Å². The molecule has 0 saturated heterocycles. The molecule has 11 aromatic rings. The van der Waals surface area contributed by atoms with Gasteiger partial charge in [-0.25, -0.2) is 0 Å². The number of hydrogen-bond acceptors (Lipinski definition) is 0. The standard InChI is InChI=1S/C75H50F6/c76-74(77,78)73(75(79,80)81)71-47-67(63-41-59(51-25-11-3-12-26-51)39-60(42-63)52-27-13-4-14-28-52)65(57-35-19-33-55(37-57)49-21-7-1-8-22-49)45-69(71)70-46-66(58-36-20-34-56(38-58)50-23-9-2-10-24-50)68(48-72(70)73)64-43-61(53-29-15-5-16-30-53)40-62(44-64)54-31-17-6-18-32-54/h1-5,7-17,19-48H,6,18H2. The summed E-state index contributed by atoms with van der Waals surface area (Å²) in [5.41, 5.74) is 7.15. The number of hydrogen-bond donors (Lipinski definition) is 0. The van der Waals surface area contributed by atoms with Crippen molar-refractivity contribution in [1.29, 1.82) is 0 Å². The molecule has 11 aromatic carbocycles. The Hall–Kier alpha value is -9.52. The van der Waals surface area contributed by atoms with E-state index < -0.39 is 28.9 Å². The highest BCUT2D eigenvalue weighted by Gasteiger charge is 2.75. The highest BCUT2D eigenvalue weighted by atomic mass is 19.4. The van der Waals surface area contributed by atoms with Crippen LogP contribution in [0.1, 0.15) is 29.5 Å². The van der Waals surface area contributed by atoms with E-state index in [1.807, 2.05) is 243 Å². The number of benzene rings is 11. The van der Waals surface area contributed by atoms with Crippen LogP contribution in [0.4, 0.5) is 26.3 Å². The zero-order valence-corrected chi connectivity index (χ0v) is 43.7. The van der Waals surface area contributed by atoms with Gasteiger partial charge in [-0.15, -0.1) is 0 Å². The van der Waals surface area contributed by atoms with Crippen molar-refractivity contribution in [2.75, 3.05) is 0 Å². The Morgan fingerprint density at radius 1 is 0.247 bits per heavy atom. The Bertz CT molecular complexity index is 4140. The van der Waals surface area contributed by atoms with Crippen LogP contribution >= 0.6 is 0 Å². The van der Waals surface area contributed by atoms with Gasteiger partial charge in [0, 0.05) is 0 Å². The molecule has 0 amide bonds. The maximum Gasteiger partial charge on any atom is 0.411 e. The average Bonchev–Trinajstić information content (AvgIpc) is 3.87. The molecule has 6 heteroatoms. The third kappa shape index (κ3) is 9.30. The molecule has 81 heavy (non-hydrogen) atoms. The van der Waals surface area contributed by atoms with Crippen LogP contribution in [-0.2, 0) is 5.41 Å². The van der Waals surface area contributed by atoms with E-state index in [0.29, 0.717) is 33.4 Å². The van der Waals surface area contributed by atoms with Crippen molar-refractivity contribution < 1.29 is 26.3 Å². The van der Waals surface area contributed by atoms with Crippen molar-refractivity contribution in [2.45, 2.75) is 30.6 Å². The summed E-state index contributed by atoms with van der Waals surface area (Å²) in [5.74, 6) is 0. The summed E-state index contributed by atoms with van der Waals surface area (Å²) in [6, 6.07) is 80.9. The third-order valence-electron chi connectivity index (χ3n) is 16.0. The van der Waals surface area contributed by atoms with E-state index in [9.17, 15) is 0 Å². The van der Waals surface area contributed by atoms with Crippen molar-refractivity contribution >= 4 is 5.57 Å². The highest BCUT2D eigenvalue weighted by Crippen LogP contribution is 2.66. The molecule has 0 spiro atoms. The minimum Gasteiger partial charge on any atom is -0.169 e. The van der Waals surface area contributed by atoms with Crippen LogP contribution in [0, 0.1) is 0 Å². The lowest BCUT2D eigenvalue weighted by atomic mass is 9.74. The topological polar surface area (TPSA) is 0 Å². The summed E-state index contributed by atoms with van der Waals surface area (Å²) in [5, 5.41) is 0. The Kier molecular flexibility index (Phi) is 13.0. The zero-order valence-electron chi connectivity index (χ0n) is 43.7. The molecule has 0 aromatic heterocycles. The predicted octanol–water partition coefficient (Wildman–Crippen LogP) is 21.8. The molecular formula is C75H50F6. The summed E-state index contributed by atoms with van der Waals surface area (Å²) in [7, 11) is 0. The molecule has 0 heterocycles. The number of fused-ring (bicyclic) bond motifs is 3. The maximum atomic E-state index is 17.1. The summed E-state index contributed by atoms with van der Waals surface area (Å²) in [6.45, 7) is 0. The molecular weight excluding hydrogens is 1010 g/mol. The van der Waals surface area contributed by atoms with Gasteiger partial charge in [0.2, 0.25) is 5.41 Å². The van der Waals surface area contributed by atoms with Gasteiger partial charge < -0.3 is 0 Å². The zero-order chi connectivity index (χ0) is 55.3. The van der Waals surface area contributed by atoms with Crippen LogP contribution in [0.15, 0.2) is 279 Å². The molecule has 0 fully saturated rings. The smallest absolute Gasteiger partial charge is 0.169 e. The maximum absolute atomic E-state index is 17.1. The van der Waals surface area contributed by atoms with E-state index in [1.165, 1.54) is 12.1 Å². The number of alkyl halides is 6. The van der Waals surface area contributed by atoms with Crippen molar-refractivity contribution in [3.05, 3.63) is 296 Å². The second-order valence-electron chi connectivity index (χ2n) is 20.9. The van der Waals surface area contributed by atoms with Crippen LogP contribution in [0.25, 0.3) is 117 Å². The molecule has 0 bridgehead atoms. The molecule has 0 N–H and O–H groups in total. The lowest BCUT2D eigenvalue weighted by Gasteiger charge is -2.36. The predicted molar refractivity (Wildman–Crippen MR) is 320 cm³/mol. The fourth-order valence-electron chi connectivity index (χ4n) is 12.1. The SMILES string of the molecule is FC(F)(F)C1(C(F)(F)F)c2cc(-c3cc(C4=CCCC=C4)cc(-c4ccccc4)c3)c(-c3cccc(-c4ccccc4)c3)cc2-c2cc(-c3cccc(-c4ccccc4)c3)c(-c3cc(-c4ccccc4)cc(-c4ccccc4)c3)cc21. The van der Waals surface area contributed by atoms with Crippen molar-refractivity contribution in [3.63, 3.8) is 0 Å². The largest absolute Gasteiger partial charge is 0.411 e. The first kappa shape index (κ1) is 51.0. The molecule has 13 rings (SSSR count). The van der Waals surface area contributed by atoms with Gasteiger partial charge in [0.15, 0.2) is 0 Å².